The average Bonchev–Trinajstić information content (AvgIpc) is 2.91. The SMILES string of the molecule is Cc1ccc(C(=O)NC[C@H](NC(=O)c2cnc(-c3ccccc3)cn2)C(=O)N[C@@H](CC(C)C)B(O)O)cc1. The Balaban J connectivity index is 1.75. The number of amides is 3. The second-order valence-corrected chi connectivity index (χ2v) is 9.41. The zero-order valence-electron chi connectivity index (χ0n) is 21.6. The summed E-state index contributed by atoms with van der Waals surface area (Å²) in [5, 5.41) is 27.2. The fraction of sp³-hybridized carbons (Fsp3) is 0.296. The minimum Gasteiger partial charge on any atom is -0.426 e. The Morgan fingerprint density at radius 3 is 2.16 bits per heavy atom. The molecule has 3 amide bonds. The highest BCUT2D eigenvalue weighted by atomic mass is 16.4. The van der Waals surface area contributed by atoms with E-state index in [4.69, 9.17) is 0 Å². The lowest BCUT2D eigenvalue weighted by Crippen LogP contribution is -2.57. The van der Waals surface area contributed by atoms with E-state index in [0.29, 0.717) is 17.7 Å². The van der Waals surface area contributed by atoms with Crippen molar-refractivity contribution in [2.24, 2.45) is 5.92 Å². The fourth-order valence-electron chi connectivity index (χ4n) is 3.69. The van der Waals surface area contributed by atoms with Crippen LogP contribution in [0.4, 0.5) is 0 Å². The molecule has 1 aromatic heterocycles. The molecule has 3 rings (SSSR count). The predicted molar refractivity (Wildman–Crippen MR) is 144 cm³/mol. The number of benzene rings is 2. The molecule has 0 aliphatic carbocycles. The summed E-state index contributed by atoms with van der Waals surface area (Å²) in [6.07, 6.45) is 3.06. The number of nitrogens with zero attached hydrogens (tertiary/aromatic N) is 2. The van der Waals surface area contributed by atoms with Gasteiger partial charge in [0.05, 0.1) is 24.0 Å². The Hall–Kier alpha value is -4.09. The number of rotatable bonds is 11. The standard InChI is InChI=1S/C27H32BN5O5/c1-17(2)13-24(28(37)38)33-27(36)23(16-31-25(34)20-11-9-18(3)10-12-20)32-26(35)22-15-29-21(14-30-22)19-7-5-4-6-8-19/h4-12,14-15,17,23-24,37-38H,13,16H2,1-3H3,(H,31,34)(H,32,35)(H,33,36)/t23-,24-/m0/s1. The van der Waals surface area contributed by atoms with Crippen molar-refractivity contribution in [3.63, 3.8) is 0 Å². The zero-order valence-corrected chi connectivity index (χ0v) is 21.6. The zero-order chi connectivity index (χ0) is 27.7. The molecule has 0 unspecified atom stereocenters. The molecule has 0 bridgehead atoms. The Morgan fingerprint density at radius 2 is 1.58 bits per heavy atom. The summed E-state index contributed by atoms with van der Waals surface area (Å²) in [5.41, 5.74) is 2.78. The van der Waals surface area contributed by atoms with Gasteiger partial charge in [-0.15, -0.1) is 0 Å². The summed E-state index contributed by atoms with van der Waals surface area (Å²) >= 11 is 0. The molecule has 2 atom stereocenters. The maximum absolute atomic E-state index is 13.1. The van der Waals surface area contributed by atoms with Gasteiger partial charge in [-0.05, 0) is 31.4 Å². The van der Waals surface area contributed by atoms with Crippen LogP contribution in [0.5, 0.6) is 0 Å². The fourth-order valence-corrected chi connectivity index (χ4v) is 3.69. The van der Waals surface area contributed by atoms with E-state index < -0.39 is 36.8 Å². The lowest BCUT2D eigenvalue weighted by Gasteiger charge is -2.24. The largest absolute Gasteiger partial charge is 0.475 e. The summed E-state index contributed by atoms with van der Waals surface area (Å²) in [7, 11) is -1.80. The summed E-state index contributed by atoms with van der Waals surface area (Å²) < 4.78 is 0. The molecule has 1 heterocycles. The third-order valence-electron chi connectivity index (χ3n) is 5.77. The first-order chi connectivity index (χ1) is 18.1. The van der Waals surface area contributed by atoms with E-state index in [1.165, 1.54) is 12.4 Å². The Bertz CT molecular complexity index is 1220. The van der Waals surface area contributed by atoms with Gasteiger partial charge in [-0.2, -0.15) is 0 Å². The van der Waals surface area contributed by atoms with E-state index in [1.54, 1.807) is 24.3 Å². The summed E-state index contributed by atoms with van der Waals surface area (Å²) in [6.45, 7) is 5.41. The molecular weight excluding hydrogens is 485 g/mol. The number of carbonyl (C=O) groups excluding carboxylic acids is 3. The molecule has 198 valence electrons. The Kier molecular flexibility index (Phi) is 10.1. The van der Waals surface area contributed by atoms with Crippen molar-refractivity contribution < 1.29 is 24.4 Å². The Labute approximate surface area is 222 Å². The highest BCUT2D eigenvalue weighted by Crippen LogP contribution is 2.14. The molecule has 0 saturated heterocycles. The second kappa shape index (κ2) is 13.5. The first kappa shape index (κ1) is 28.5. The van der Waals surface area contributed by atoms with E-state index >= 15 is 0 Å². The van der Waals surface area contributed by atoms with Crippen LogP contribution in [-0.4, -0.2) is 63.4 Å². The van der Waals surface area contributed by atoms with Crippen molar-refractivity contribution in [3.8, 4) is 11.3 Å². The first-order valence-corrected chi connectivity index (χ1v) is 12.3. The molecular formula is C27H32BN5O5. The van der Waals surface area contributed by atoms with Crippen LogP contribution < -0.4 is 16.0 Å². The van der Waals surface area contributed by atoms with Gasteiger partial charge < -0.3 is 26.0 Å². The van der Waals surface area contributed by atoms with Gasteiger partial charge >= 0.3 is 7.12 Å². The molecule has 38 heavy (non-hydrogen) atoms. The van der Waals surface area contributed by atoms with Crippen molar-refractivity contribution in [3.05, 3.63) is 83.8 Å². The molecule has 0 spiro atoms. The van der Waals surface area contributed by atoms with Crippen LogP contribution in [0.2, 0.25) is 0 Å². The third kappa shape index (κ3) is 8.22. The average molecular weight is 517 g/mol. The van der Waals surface area contributed by atoms with Gasteiger partial charge in [0.1, 0.15) is 11.7 Å². The van der Waals surface area contributed by atoms with Crippen LogP contribution in [0.1, 0.15) is 46.7 Å². The molecule has 11 heteroatoms. The van der Waals surface area contributed by atoms with E-state index in [-0.39, 0.29) is 18.2 Å². The monoisotopic (exact) mass is 517 g/mol. The topological polar surface area (TPSA) is 154 Å². The molecule has 5 N–H and O–H groups in total. The molecule has 0 aliphatic heterocycles. The van der Waals surface area contributed by atoms with Gasteiger partial charge in [0.15, 0.2) is 0 Å². The Morgan fingerprint density at radius 1 is 0.895 bits per heavy atom. The predicted octanol–water partition coefficient (Wildman–Crippen LogP) is 1.52. The van der Waals surface area contributed by atoms with Gasteiger partial charge in [-0.3, -0.25) is 19.4 Å². The third-order valence-corrected chi connectivity index (χ3v) is 5.77. The van der Waals surface area contributed by atoms with Crippen LogP contribution in [0.25, 0.3) is 11.3 Å². The van der Waals surface area contributed by atoms with Crippen LogP contribution in [0.15, 0.2) is 67.0 Å². The van der Waals surface area contributed by atoms with Crippen molar-refractivity contribution >= 4 is 24.8 Å². The van der Waals surface area contributed by atoms with Crippen LogP contribution >= 0.6 is 0 Å². The molecule has 0 saturated carbocycles. The van der Waals surface area contributed by atoms with Gasteiger partial charge in [-0.25, -0.2) is 4.98 Å². The molecule has 2 aromatic carbocycles. The molecule has 0 fully saturated rings. The highest BCUT2D eigenvalue weighted by molar-refractivity contribution is 6.43. The maximum Gasteiger partial charge on any atom is 0.475 e. The highest BCUT2D eigenvalue weighted by Gasteiger charge is 2.30. The minimum absolute atomic E-state index is 0.0201. The number of aryl methyl sites for hydroxylation is 1. The van der Waals surface area contributed by atoms with Crippen LogP contribution in [0, 0.1) is 12.8 Å². The lowest BCUT2D eigenvalue weighted by molar-refractivity contribution is -0.123. The normalized spacial score (nSPS) is 12.4. The quantitative estimate of drug-likeness (QED) is 0.242. The van der Waals surface area contributed by atoms with E-state index in [9.17, 15) is 24.4 Å². The second-order valence-electron chi connectivity index (χ2n) is 9.41. The van der Waals surface area contributed by atoms with Crippen molar-refractivity contribution in [1.29, 1.82) is 0 Å². The number of hydrogen-bond donors (Lipinski definition) is 5. The minimum atomic E-state index is -1.80. The van der Waals surface area contributed by atoms with Crippen molar-refractivity contribution in [2.75, 3.05) is 6.54 Å². The number of aromatic nitrogens is 2. The van der Waals surface area contributed by atoms with Gasteiger partial charge in [-0.1, -0.05) is 61.9 Å². The van der Waals surface area contributed by atoms with Gasteiger partial charge in [0.25, 0.3) is 11.8 Å². The summed E-state index contributed by atoms with van der Waals surface area (Å²) in [5.74, 6) is -2.68. The number of carbonyl (C=O) groups is 3. The van der Waals surface area contributed by atoms with Gasteiger partial charge in [0, 0.05) is 17.7 Å². The van der Waals surface area contributed by atoms with E-state index in [1.807, 2.05) is 51.1 Å². The van der Waals surface area contributed by atoms with Crippen LogP contribution in [0.3, 0.4) is 0 Å². The van der Waals surface area contributed by atoms with Crippen molar-refractivity contribution in [2.45, 2.75) is 39.2 Å². The molecule has 0 radical (unpaired) electrons. The summed E-state index contributed by atoms with van der Waals surface area (Å²) in [4.78, 5) is 47.1. The van der Waals surface area contributed by atoms with Crippen LogP contribution in [-0.2, 0) is 4.79 Å². The molecule has 0 aliphatic rings. The summed E-state index contributed by atoms with van der Waals surface area (Å²) in [6, 6.07) is 15.0. The van der Waals surface area contributed by atoms with E-state index in [2.05, 4.69) is 25.9 Å². The maximum atomic E-state index is 13.1. The lowest BCUT2D eigenvalue weighted by atomic mass is 9.75. The number of nitrogens with one attached hydrogen (secondary N) is 3. The first-order valence-electron chi connectivity index (χ1n) is 12.3. The van der Waals surface area contributed by atoms with E-state index in [0.717, 1.165) is 11.1 Å². The van der Waals surface area contributed by atoms with Crippen molar-refractivity contribution in [1.82, 2.24) is 25.9 Å². The smallest absolute Gasteiger partial charge is 0.426 e. The molecule has 3 aromatic rings. The van der Waals surface area contributed by atoms with Gasteiger partial charge in [0.2, 0.25) is 5.91 Å². The molecule has 10 nitrogen and oxygen atoms in total. The number of hydrogen-bond acceptors (Lipinski definition) is 7.